The fraction of sp³-hybridized carbons (Fsp3) is 0.211. The number of fused-ring (bicyclic) bond motifs is 1. The van der Waals surface area contributed by atoms with Crippen LogP contribution >= 0.6 is 11.6 Å². The highest BCUT2D eigenvalue weighted by Crippen LogP contribution is 2.38. The average molecular weight is 387 g/mol. The molecule has 2 aromatic carbocycles. The number of ether oxygens (including phenoxy) is 2. The van der Waals surface area contributed by atoms with Gasteiger partial charge in [0.2, 0.25) is 12.0 Å². The number of carbonyl (C=O) groups excluding carboxylic acids is 2. The molecule has 0 aromatic heterocycles. The molecule has 4 rings (SSSR count). The Balaban J connectivity index is 1.71. The number of carbonyl (C=O) groups is 2. The van der Waals surface area contributed by atoms with Crippen LogP contribution in [-0.4, -0.2) is 37.8 Å². The molecule has 1 saturated heterocycles. The maximum absolute atomic E-state index is 13.0. The molecule has 1 fully saturated rings. The van der Waals surface area contributed by atoms with Crippen molar-refractivity contribution in [1.82, 2.24) is 0 Å². The molecular weight excluding hydrogens is 372 g/mol. The van der Waals surface area contributed by atoms with Crippen molar-refractivity contribution < 1.29 is 23.9 Å². The maximum Gasteiger partial charge on any atom is 0.279 e. The highest BCUT2D eigenvalue weighted by Gasteiger charge is 2.56. The number of para-hydroxylation sites is 1. The number of oxime groups is 1. The summed E-state index contributed by atoms with van der Waals surface area (Å²) in [6.07, 6.45) is -1.00. The topological polar surface area (TPSA) is 77.4 Å². The number of imide groups is 1. The van der Waals surface area contributed by atoms with Gasteiger partial charge < -0.3 is 14.3 Å². The molecule has 2 atom stereocenters. The van der Waals surface area contributed by atoms with E-state index in [9.17, 15) is 9.59 Å². The Morgan fingerprint density at radius 3 is 2.48 bits per heavy atom. The Bertz CT molecular complexity index is 974. The van der Waals surface area contributed by atoms with Crippen molar-refractivity contribution in [3.8, 4) is 11.5 Å². The zero-order chi connectivity index (χ0) is 19.1. The lowest BCUT2D eigenvalue weighted by molar-refractivity contribution is -0.126. The van der Waals surface area contributed by atoms with Gasteiger partial charge in [-0.15, -0.1) is 0 Å². The van der Waals surface area contributed by atoms with E-state index in [2.05, 4.69) is 5.16 Å². The van der Waals surface area contributed by atoms with Gasteiger partial charge in [-0.05, 0) is 30.3 Å². The first kappa shape index (κ1) is 17.4. The Kier molecular flexibility index (Phi) is 4.24. The van der Waals surface area contributed by atoms with Gasteiger partial charge in [0.05, 0.1) is 24.9 Å². The largest absolute Gasteiger partial charge is 0.493 e. The van der Waals surface area contributed by atoms with Crippen LogP contribution in [0.2, 0.25) is 5.02 Å². The SMILES string of the molecule is COc1ccc(C2=NO[C@H]3C(=O)N(c4ccccc4Cl)C(=O)[C@@H]23)cc1OC. The summed E-state index contributed by atoms with van der Waals surface area (Å²) in [5.41, 5.74) is 1.31. The minimum absolute atomic E-state index is 0.309. The van der Waals surface area contributed by atoms with Gasteiger partial charge in [-0.3, -0.25) is 9.59 Å². The van der Waals surface area contributed by atoms with Crippen molar-refractivity contribution in [3.63, 3.8) is 0 Å². The van der Waals surface area contributed by atoms with Crippen LogP contribution in [0.5, 0.6) is 11.5 Å². The van der Waals surface area contributed by atoms with E-state index in [4.69, 9.17) is 25.9 Å². The second kappa shape index (κ2) is 6.59. The van der Waals surface area contributed by atoms with E-state index in [0.29, 0.717) is 33.5 Å². The predicted octanol–water partition coefficient (Wildman–Crippen LogP) is 2.65. The van der Waals surface area contributed by atoms with Crippen molar-refractivity contribution in [3.05, 3.63) is 53.1 Å². The first-order chi connectivity index (χ1) is 13.1. The summed E-state index contributed by atoms with van der Waals surface area (Å²) in [5, 5.41) is 4.30. The van der Waals surface area contributed by atoms with E-state index < -0.39 is 23.8 Å². The number of anilines is 1. The highest BCUT2D eigenvalue weighted by atomic mass is 35.5. The minimum Gasteiger partial charge on any atom is -0.493 e. The third-order valence-electron chi connectivity index (χ3n) is 4.58. The highest BCUT2D eigenvalue weighted by molar-refractivity contribution is 6.38. The minimum atomic E-state index is -1.00. The zero-order valence-electron chi connectivity index (χ0n) is 14.5. The third-order valence-corrected chi connectivity index (χ3v) is 4.90. The van der Waals surface area contributed by atoms with Gasteiger partial charge >= 0.3 is 0 Å². The molecule has 2 heterocycles. The van der Waals surface area contributed by atoms with Crippen LogP contribution < -0.4 is 14.4 Å². The molecule has 2 aliphatic heterocycles. The van der Waals surface area contributed by atoms with Gasteiger partial charge in [-0.2, -0.15) is 0 Å². The molecule has 2 amide bonds. The molecule has 0 saturated carbocycles. The lowest BCUT2D eigenvalue weighted by atomic mass is 9.94. The standard InChI is InChI=1S/C19H15ClN2O5/c1-25-13-8-7-10(9-14(13)26-2)16-15-17(27-21-16)19(24)22(18(15)23)12-6-4-3-5-11(12)20/h3-9,15,17H,1-2H3/t15-,17+/m0/s1. The average Bonchev–Trinajstić information content (AvgIpc) is 3.22. The van der Waals surface area contributed by atoms with Crippen molar-refractivity contribution in [2.24, 2.45) is 11.1 Å². The van der Waals surface area contributed by atoms with Crippen molar-refractivity contribution in [1.29, 1.82) is 0 Å². The molecule has 27 heavy (non-hydrogen) atoms. The van der Waals surface area contributed by atoms with E-state index in [0.717, 1.165) is 4.90 Å². The number of nitrogens with zero attached hydrogens (tertiary/aromatic N) is 2. The number of rotatable bonds is 4. The quantitative estimate of drug-likeness (QED) is 0.755. The predicted molar refractivity (Wildman–Crippen MR) is 98.4 cm³/mol. The van der Waals surface area contributed by atoms with Crippen LogP contribution in [-0.2, 0) is 14.4 Å². The monoisotopic (exact) mass is 386 g/mol. The summed E-state index contributed by atoms with van der Waals surface area (Å²) in [4.78, 5) is 32.2. The smallest absolute Gasteiger partial charge is 0.279 e. The van der Waals surface area contributed by atoms with Gasteiger partial charge in [-0.25, -0.2) is 4.90 Å². The Hall–Kier alpha value is -3.06. The molecule has 8 heteroatoms. The molecule has 138 valence electrons. The number of hydrogen-bond acceptors (Lipinski definition) is 6. The number of methoxy groups -OCH3 is 2. The van der Waals surface area contributed by atoms with Gasteiger partial charge in [-0.1, -0.05) is 28.9 Å². The van der Waals surface area contributed by atoms with E-state index in [-0.39, 0.29) is 0 Å². The summed E-state index contributed by atoms with van der Waals surface area (Å²) >= 11 is 6.17. The molecule has 0 spiro atoms. The fourth-order valence-corrected chi connectivity index (χ4v) is 3.50. The lowest BCUT2D eigenvalue weighted by Gasteiger charge is -2.16. The number of hydrogen-bond donors (Lipinski definition) is 0. The van der Waals surface area contributed by atoms with Crippen molar-refractivity contribution >= 4 is 34.8 Å². The van der Waals surface area contributed by atoms with E-state index in [1.54, 1.807) is 42.5 Å². The van der Waals surface area contributed by atoms with E-state index in [1.165, 1.54) is 14.2 Å². The number of benzene rings is 2. The molecule has 2 aliphatic rings. The van der Waals surface area contributed by atoms with Gasteiger partial charge in [0, 0.05) is 5.56 Å². The first-order valence-corrected chi connectivity index (χ1v) is 8.53. The normalized spacial score (nSPS) is 21.0. The van der Waals surface area contributed by atoms with Crippen molar-refractivity contribution in [2.75, 3.05) is 19.1 Å². The molecule has 7 nitrogen and oxygen atoms in total. The maximum atomic E-state index is 13.0. The summed E-state index contributed by atoms with van der Waals surface area (Å²) in [5.74, 6) is -0.724. The second-order valence-corrected chi connectivity index (χ2v) is 6.42. The Labute approximate surface area is 160 Å². The van der Waals surface area contributed by atoms with Crippen LogP contribution in [0.15, 0.2) is 47.6 Å². The van der Waals surface area contributed by atoms with E-state index >= 15 is 0 Å². The lowest BCUT2D eigenvalue weighted by Crippen LogP contribution is -2.33. The summed E-state index contributed by atoms with van der Waals surface area (Å²) < 4.78 is 10.5. The van der Waals surface area contributed by atoms with Crippen LogP contribution in [0.3, 0.4) is 0 Å². The van der Waals surface area contributed by atoms with Gasteiger partial charge in [0.25, 0.3) is 5.91 Å². The third kappa shape index (κ3) is 2.62. The van der Waals surface area contributed by atoms with Gasteiger partial charge in [0.15, 0.2) is 11.5 Å². The number of halogens is 1. The fourth-order valence-electron chi connectivity index (χ4n) is 3.28. The van der Waals surface area contributed by atoms with Crippen molar-refractivity contribution in [2.45, 2.75) is 6.10 Å². The Morgan fingerprint density at radius 1 is 1.04 bits per heavy atom. The molecule has 0 bridgehead atoms. The summed E-state index contributed by atoms with van der Waals surface area (Å²) in [6, 6.07) is 11.8. The zero-order valence-corrected chi connectivity index (χ0v) is 15.3. The summed E-state index contributed by atoms with van der Waals surface area (Å²) in [7, 11) is 3.05. The van der Waals surface area contributed by atoms with Crippen LogP contribution in [0.1, 0.15) is 5.56 Å². The molecule has 0 N–H and O–H groups in total. The molecule has 0 radical (unpaired) electrons. The number of amides is 2. The molecule has 0 unspecified atom stereocenters. The van der Waals surface area contributed by atoms with Gasteiger partial charge in [0.1, 0.15) is 11.6 Å². The van der Waals surface area contributed by atoms with Crippen LogP contribution in [0.4, 0.5) is 5.69 Å². The van der Waals surface area contributed by atoms with E-state index in [1.807, 2.05) is 0 Å². The first-order valence-electron chi connectivity index (χ1n) is 8.15. The molecular formula is C19H15ClN2O5. The van der Waals surface area contributed by atoms with Crippen LogP contribution in [0, 0.1) is 5.92 Å². The Morgan fingerprint density at radius 2 is 1.78 bits per heavy atom. The molecule has 0 aliphatic carbocycles. The molecule has 2 aromatic rings. The van der Waals surface area contributed by atoms with Crippen LogP contribution in [0.25, 0.3) is 0 Å². The second-order valence-electron chi connectivity index (χ2n) is 6.01. The summed E-state index contributed by atoms with van der Waals surface area (Å²) in [6.45, 7) is 0.